The number of carbonyl (C=O) groups is 2. The van der Waals surface area contributed by atoms with Gasteiger partial charge in [-0.2, -0.15) is 0 Å². The molecule has 0 saturated carbocycles. The molecule has 2 heterocycles. The lowest BCUT2D eigenvalue weighted by molar-refractivity contribution is -0.139. The van der Waals surface area contributed by atoms with Crippen LogP contribution < -0.4 is 4.90 Å². The van der Waals surface area contributed by atoms with E-state index in [9.17, 15) is 9.59 Å². The van der Waals surface area contributed by atoms with Crippen molar-refractivity contribution in [2.24, 2.45) is 0 Å². The van der Waals surface area contributed by atoms with Gasteiger partial charge in [0.15, 0.2) is 11.5 Å². The third kappa shape index (κ3) is 3.83. The Labute approximate surface area is 162 Å². The van der Waals surface area contributed by atoms with Gasteiger partial charge in [0.2, 0.25) is 0 Å². The highest BCUT2D eigenvalue weighted by Crippen LogP contribution is 2.29. The van der Waals surface area contributed by atoms with Crippen LogP contribution in [-0.4, -0.2) is 31.1 Å². The maximum absolute atomic E-state index is 12.5. The standard InChI is InChI=1S/C21H22N2O5/c1-4-5-9-18-22-16-13-14(10-11-17(16)28-18)23-12-7-6-8-15(20(24)26-2)19(23)21(25)27-3/h6-8,10-13H,4-5,9H2,1-3H3. The lowest BCUT2D eigenvalue weighted by Crippen LogP contribution is -2.26. The maximum atomic E-state index is 12.5. The summed E-state index contributed by atoms with van der Waals surface area (Å²) in [5.41, 5.74) is 2.16. The van der Waals surface area contributed by atoms with Gasteiger partial charge in [0, 0.05) is 18.3 Å². The summed E-state index contributed by atoms with van der Waals surface area (Å²) in [5.74, 6) is -0.601. The minimum Gasteiger partial charge on any atom is -0.465 e. The van der Waals surface area contributed by atoms with Gasteiger partial charge in [0.25, 0.3) is 0 Å². The summed E-state index contributed by atoms with van der Waals surface area (Å²) < 4.78 is 15.5. The van der Waals surface area contributed by atoms with Gasteiger partial charge >= 0.3 is 11.9 Å². The summed E-state index contributed by atoms with van der Waals surface area (Å²) in [5, 5.41) is 0. The zero-order valence-electron chi connectivity index (χ0n) is 16.1. The predicted molar refractivity (Wildman–Crippen MR) is 104 cm³/mol. The first-order valence-corrected chi connectivity index (χ1v) is 9.03. The number of ether oxygens (including phenoxy) is 2. The lowest BCUT2D eigenvalue weighted by Gasteiger charge is -2.22. The Morgan fingerprint density at radius 2 is 1.93 bits per heavy atom. The minimum absolute atomic E-state index is 0.0633. The third-order valence-corrected chi connectivity index (χ3v) is 4.33. The molecule has 0 spiro atoms. The Hall–Kier alpha value is -3.35. The molecule has 1 aromatic carbocycles. The van der Waals surface area contributed by atoms with Crippen molar-refractivity contribution in [1.29, 1.82) is 0 Å². The Kier molecular flexibility index (Phi) is 5.93. The highest BCUT2D eigenvalue weighted by atomic mass is 16.5. The Morgan fingerprint density at radius 3 is 2.64 bits per heavy atom. The van der Waals surface area contributed by atoms with Gasteiger partial charge in [-0.1, -0.05) is 19.4 Å². The number of oxazole rings is 1. The van der Waals surface area contributed by atoms with Crippen LogP contribution >= 0.6 is 0 Å². The average molecular weight is 382 g/mol. The molecule has 2 aromatic rings. The number of rotatable bonds is 6. The van der Waals surface area contributed by atoms with E-state index in [0.29, 0.717) is 22.7 Å². The smallest absolute Gasteiger partial charge is 0.355 e. The predicted octanol–water partition coefficient (Wildman–Crippen LogP) is 3.66. The number of esters is 2. The van der Waals surface area contributed by atoms with Crippen molar-refractivity contribution in [3.63, 3.8) is 0 Å². The average Bonchev–Trinajstić information content (AvgIpc) is 2.99. The van der Waals surface area contributed by atoms with Crippen molar-refractivity contribution in [3.05, 3.63) is 59.8 Å². The van der Waals surface area contributed by atoms with Gasteiger partial charge in [-0.05, 0) is 36.8 Å². The third-order valence-electron chi connectivity index (χ3n) is 4.33. The van der Waals surface area contributed by atoms with E-state index in [1.807, 2.05) is 6.07 Å². The first-order chi connectivity index (χ1) is 13.6. The number of allylic oxidation sites excluding steroid dienone is 2. The largest absolute Gasteiger partial charge is 0.465 e. The second-order valence-corrected chi connectivity index (χ2v) is 6.18. The second kappa shape index (κ2) is 8.56. The zero-order valence-corrected chi connectivity index (χ0v) is 16.1. The molecule has 1 aliphatic rings. The summed E-state index contributed by atoms with van der Waals surface area (Å²) in [4.78, 5) is 30.8. The summed E-state index contributed by atoms with van der Waals surface area (Å²) in [7, 11) is 2.53. The molecule has 0 fully saturated rings. The van der Waals surface area contributed by atoms with Crippen molar-refractivity contribution < 1.29 is 23.5 Å². The van der Waals surface area contributed by atoms with E-state index in [1.165, 1.54) is 20.3 Å². The van der Waals surface area contributed by atoms with Gasteiger partial charge in [-0.3, -0.25) is 0 Å². The molecule has 0 amide bonds. The van der Waals surface area contributed by atoms with Crippen molar-refractivity contribution in [2.45, 2.75) is 26.2 Å². The van der Waals surface area contributed by atoms with Crippen LogP contribution in [0.1, 0.15) is 25.7 Å². The Balaban J connectivity index is 2.08. The van der Waals surface area contributed by atoms with E-state index in [1.54, 1.807) is 35.4 Å². The van der Waals surface area contributed by atoms with E-state index in [4.69, 9.17) is 13.9 Å². The van der Waals surface area contributed by atoms with Crippen LogP contribution in [-0.2, 0) is 25.5 Å². The molecule has 7 heteroatoms. The number of nitrogens with zero attached hydrogens (tertiary/aromatic N) is 2. The molecule has 0 radical (unpaired) electrons. The maximum Gasteiger partial charge on any atom is 0.355 e. The van der Waals surface area contributed by atoms with Gasteiger partial charge in [0.1, 0.15) is 11.2 Å². The fourth-order valence-corrected chi connectivity index (χ4v) is 2.91. The highest BCUT2D eigenvalue weighted by molar-refractivity contribution is 6.05. The number of anilines is 1. The number of hydrogen-bond donors (Lipinski definition) is 0. The number of hydrogen-bond acceptors (Lipinski definition) is 7. The molecule has 1 aliphatic heterocycles. The molecular weight excluding hydrogens is 360 g/mol. The van der Waals surface area contributed by atoms with Gasteiger partial charge in [-0.25, -0.2) is 14.6 Å². The van der Waals surface area contributed by atoms with Crippen LogP contribution in [0.5, 0.6) is 0 Å². The number of unbranched alkanes of at least 4 members (excludes halogenated alkanes) is 1. The van der Waals surface area contributed by atoms with Crippen LogP contribution in [0.15, 0.2) is 58.3 Å². The monoisotopic (exact) mass is 382 g/mol. The zero-order chi connectivity index (χ0) is 20.1. The molecule has 1 aromatic heterocycles. The summed E-state index contributed by atoms with van der Waals surface area (Å²) in [6.07, 6.45) is 9.40. The van der Waals surface area contributed by atoms with Crippen molar-refractivity contribution in [3.8, 4) is 0 Å². The number of methoxy groups -OCH3 is 2. The van der Waals surface area contributed by atoms with Gasteiger partial charge in [0.05, 0.1) is 19.8 Å². The van der Waals surface area contributed by atoms with Gasteiger partial charge in [-0.15, -0.1) is 0 Å². The van der Waals surface area contributed by atoms with Crippen molar-refractivity contribution in [1.82, 2.24) is 4.98 Å². The molecule has 0 bridgehead atoms. The molecule has 0 atom stereocenters. The fourth-order valence-electron chi connectivity index (χ4n) is 2.91. The summed E-state index contributed by atoms with van der Waals surface area (Å²) in [6.45, 7) is 2.11. The number of fused-ring (bicyclic) bond motifs is 1. The number of aromatic nitrogens is 1. The van der Waals surface area contributed by atoms with E-state index in [2.05, 4.69) is 11.9 Å². The molecule has 146 valence electrons. The molecule has 0 N–H and O–H groups in total. The van der Waals surface area contributed by atoms with Crippen molar-refractivity contribution >= 4 is 28.7 Å². The number of benzene rings is 1. The summed E-state index contributed by atoms with van der Waals surface area (Å²) >= 11 is 0. The topological polar surface area (TPSA) is 81.9 Å². The van der Waals surface area contributed by atoms with Gasteiger partial charge < -0.3 is 18.8 Å². The van der Waals surface area contributed by atoms with E-state index < -0.39 is 11.9 Å². The van der Waals surface area contributed by atoms with Crippen molar-refractivity contribution in [2.75, 3.05) is 19.1 Å². The normalized spacial score (nSPS) is 13.8. The Morgan fingerprint density at radius 1 is 1.14 bits per heavy atom. The minimum atomic E-state index is -0.652. The quantitative estimate of drug-likeness (QED) is 0.705. The van der Waals surface area contributed by atoms with E-state index in [0.717, 1.165) is 19.3 Å². The van der Waals surface area contributed by atoms with Crippen LogP contribution in [0.2, 0.25) is 0 Å². The molecule has 0 aliphatic carbocycles. The molecule has 28 heavy (non-hydrogen) atoms. The van der Waals surface area contributed by atoms with E-state index >= 15 is 0 Å². The number of aryl methyl sites for hydroxylation is 1. The molecule has 3 rings (SSSR count). The first kappa shape index (κ1) is 19.4. The lowest BCUT2D eigenvalue weighted by atomic mass is 10.1. The van der Waals surface area contributed by atoms with Crippen LogP contribution in [0.4, 0.5) is 5.69 Å². The van der Waals surface area contributed by atoms with Crippen LogP contribution in [0, 0.1) is 0 Å². The molecule has 0 unspecified atom stereocenters. The second-order valence-electron chi connectivity index (χ2n) is 6.18. The molecular formula is C21H22N2O5. The molecule has 7 nitrogen and oxygen atoms in total. The Bertz CT molecular complexity index is 984. The van der Waals surface area contributed by atoms with Crippen LogP contribution in [0.3, 0.4) is 0 Å². The fraction of sp³-hybridized carbons (Fsp3) is 0.286. The highest BCUT2D eigenvalue weighted by Gasteiger charge is 2.27. The summed E-state index contributed by atoms with van der Waals surface area (Å²) in [6, 6.07) is 5.40. The number of carbonyl (C=O) groups excluding carboxylic acids is 2. The van der Waals surface area contributed by atoms with E-state index in [-0.39, 0.29) is 11.3 Å². The molecule has 0 saturated heterocycles. The SMILES string of the molecule is CCCCc1nc2cc(N3C=CC=CC(C(=O)OC)=C3C(=O)OC)ccc2o1. The first-order valence-electron chi connectivity index (χ1n) is 9.03. The van der Waals surface area contributed by atoms with Crippen LogP contribution in [0.25, 0.3) is 11.1 Å².